The maximum Gasteiger partial charge on any atom is 0.251 e. The molecular weight excluding hydrogens is 266 g/mol. The van der Waals surface area contributed by atoms with Crippen LogP contribution < -0.4 is 16.4 Å². The van der Waals surface area contributed by atoms with Gasteiger partial charge in [-0.3, -0.25) is 9.59 Å². The Kier molecular flexibility index (Phi) is 4.93. The number of benzene rings is 2. The third-order valence-corrected chi connectivity index (χ3v) is 2.89. The summed E-state index contributed by atoms with van der Waals surface area (Å²) < 4.78 is 0. The van der Waals surface area contributed by atoms with Crippen molar-refractivity contribution in [1.82, 2.24) is 10.6 Å². The maximum atomic E-state index is 11.8. The Morgan fingerprint density at radius 2 is 1.71 bits per heavy atom. The van der Waals surface area contributed by atoms with Gasteiger partial charge in [0, 0.05) is 17.8 Å². The molecule has 0 unspecified atom stereocenters. The Labute approximate surface area is 123 Å². The molecule has 2 rings (SSSR count). The summed E-state index contributed by atoms with van der Waals surface area (Å²) in [6.45, 7) is 0.369. The quantitative estimate of drug-likeness (QED) is 0.723. The number of nitrogens with one attached hydrogen (secondary N) is 2. The number of rotatable bonds is 5. The normalized spacial score (nSPS) is 9.90. The van der Waals surface area contributed by atoms with Gasteiger partial charge in [-0.05, 0) is 23.8 Å². The zero-order chi connectivity index (χ0) is 15.1. The van der Waals surface area contributed by atoms with Gasteiger partial charge in [-0.25, -0.2) is 0 Å². The fourth-order valence-corrected chi connectivity index (χ4v) is 1.80. The first kappa shape index (κ1) is 14.6. The number of hydrogen-bond acceptors (Lipinski definition) is 3. The van der Waals surface area contributed by atoms with Crippen LogP contribution in [0.3, 0.4) is 0 Å². The van der Waals surface area contributed by atoms with Crippen LogP contribution in [0.15, 0.2) is 54.6 Å². The second-order valence-corrected chi connectivity index (χ2v) is 4.57. The number of nitrogen functional groups attached to an aromatic ring is 1. The van der Waals surface area contributed by atoms with E-state index in [2.05, 4.69) is 10.6 Å². The monoisotopic (exact) mass is 283 g/mol. The van der Waals surface area contributed by atoms with Crippen molar-refractivity contribution in [2.24, 2.45) is 0 Å². The van der Waals surface area contributed by atoms with Crippen LogP contribution in [0.4, 0.5) is 5.69 Å². The fraction of sp³-hybridized carbons (Fsp3) is 0.125. The average Bonchev–Trinajstić information content (AvgIpc) is 2.51. The Morgan fingerprint density at radius 1 is 0.952 bits per heavy atom. The molecule has 0 aliphatic heterocycles. The van der Waals surface area contributed by atoms with Gasteiger partial charge in [0.1, 0.15) is 0 Å². The van der Waals surface area contributed by atoms with E-state index in [1.807, 2.05) is 30.3 Å². The van der Waals surface area contributed by atoms with Crippen molar-refractivity contribution in [3.8, 4) is 0 Å². The lowest BCUT2D eigenvalue weighted by molar-refractivity contribution is -0.120. The van der Waals surface area contributed by atoms with Crippen molar-refractivity contribution < 1.29 is 9.59 Å². The molecule has 0 saturated heterocycles. The first-order chi connectivity index (χ1) is 10.1. The molecule has 21 heavy (non-hydrogen) atoms. The highest BCUT2D eigenvalue weighted by Crippen LogP contribution is 2.05. The predicted octanol–water partition coefficient (Wildman–Crippen LogP) is 1.31. The lowest BCUT2D eigenvalue weighted by Crippen LogP contribution is -2.36. The van der Waals surface area contributed by atoms with Gasteiger partial charge in [0.15, 0.2) is 0 Å². The number of nitrogens with two attached hydrogens (primary N) is 1. The molecule has 0 saturated carbocycles. The smallest absolute Gasteiger partial charge is 0.251 e. The van der Waals surface area contributed by atoms with Crippen LogP contribution in [0.5, 0.6) is 0 Å². The van der Waals surface area contributed by atoms with E-state index in [1.165, 1.54) is 0 Å². The van der Waals surface area contributed by atoms with Gasteiger partial charge in [-0.2, -0.15) is 0 Å². The molecule has 0 heterocycles. The third-order valence-electron chi connectivity index (χ3n) is 2.89. The Morgan fingerprint density at radius 3 is 2.43 bits per heavy atom. The first-order valence-corrected chi connectivity index (χ1v) is 6.59. The molecule has 2 aromatic rings. The molecule has 0 aliphatic carbocycles. The zero-order valence-electron chi connectivity index (χ0n) is 11.5. The zero-order valence-corrected chi connectivity index (χ0v) is 11.5. The van der Waals surface area contributed by atoms with Crippen LogP contribution in [0.1, 0.15) is 15.9 Å². The van der Waals surface area contributed by atoms with Gasteiger partial charge in [0.05, 0.1) is 6.54 Å². The van der Waals surface area contributed by atoms with E-state index in [-0.39, 0.29) is 18.4 Å². The molecule has 0 bridgehead atoms. The van der Waals surface area contributed by atoms with Gasteiger partial charge in [0.25, 0.3) is 5.91 Å². The topological polar surface area (TPSA) is 84.2 Å². The first-order valence-electron chi connectivity index (χ1n) is 6.59. The summed E-state index contributed by atoms with van der Waals surface area (Å²) in [4.78, 5) is 23.5. The number of hydrogen-bond donors (Lipinski definition) is 3. The number of anilines is 1. The van der Waals surface area contributed by atoms with Crippen LogP contribution in [-0.4, -0.2) is 18.4 Å². The average molecular weight is 283 g/mol. The molecule has 0 aromatic heterocycles. The van der Waals surface area contributed by atoms with Crippen LogP contribution in [0.2, 0.25) is 0 Å². The largest absolute Gasteiger partial charge is 0.399 e. The van der Waals surface area contributed by atoms with Crippen LogP contribution >= 0.6 is 0 Å². The van der Waals surface area contributed by atoms with Crippen molar-refractivity contribution >= 4 is 17.5 Å². The van der Waals surface area contributed by atoms with Gasteiger partial charge >= 0.3 is 0 Å². The van der Waals surface area contributed by atoms with E-state index >= 15 is 0 Å². The molecule has 2 amide bonds. The highest BCUT2D eigenvalue weighted by atomic mass is 16.2. The van der Waals surface area contributed by atoms with E-state index < -0.39 is 0 Å². The van der Waals surface area contributed by atoms with Crippen molar-refractivity contribution in [1.29, 1.82) is 0 Å². The van der Waals surface area contributed by atoms with E-state index in [0.29, 0.717) is 17.8 Å². The lowest BCUT2D eigenvalue weighted by atomic mass is 10.2. The third kappa shape index (κ3) is 4.65. The fourth-order valence-electron chi connectivity index (χ4n) is 1.80. The van der Waals surface area contributed by atoms with Crippen molar-refractivity contribution in [3.63, 3.8) is 0 Å². The van der Waals surface area contributed by atoms with E-state index in [0.717, 1.165) is 5.56 Å². The van der Waals surface area contributed by atoms with Gasteiger partial charge < -0.3 is 16.4 Å². The van der Waals surface area contributed by atoms with Gasteiger partial charge in [-0.15, -0.1) is 0 Å². The van der Waals surface area contributed by atoms with Crippen LogP contribution in [0.25, 0.3) is 0 Å². The summed E-state index contributed by atoms with van der Waals surface area (Å²) in [6, 6.07) is 16.2. The van der Waals surface area contributed by atoms with E-state index in [1.54, 1.807) is 24.3 Å². The van der Waals surface area contributed by atoms with Gasteiger partial charge in [0.2, 0.25) is 5.91 Å². The summed E-state index contributed by atoms with van der Waals surface area (Å²) >= 11 is 0. The second-order valence-electron chi connectivity index (χ2n) is 4.57. The lowest BCUT2D eigenvalue weighted by Gasteiger charge is -2.07. The molecule has 5 heteroatoms. The molecule has 0 spiro atoms. The summed E-state index contributed by atoms with van der Waals surface area (Å²) in [5, 5.41) is 5.29. The van der Waals surface area contributed by atoms with Crippen LogP contribution in [0, 0.1) is 0 Å². The second kappa shape index (κ2) is 7.09. The van der Waals surface area contributed by atoms with Crippen molar-refractivity contribution in [3.05, 3.63) is 65.7 Å². The molecule has 108 valence electrons. The summed E-state index contributed by atoms with van der Waals surface area (Å²) in [5.74, 6) is -0.562. The highest BCUT2D eigenvalue weighted by Gasteiger charge is 2.07. The van der Waals surface area contributed by atoms with Crippen molar-refractivity contribution in [2.75, 3.05) is 12.3 Å². The molecule has 2 aromatic carbocycles. The molecule has 5 nitrogen and oxygen atoms in total. The Hall–Kier alpha value is -2.82. The summed E-state index contributed by atoms with van der Waals surface area (Å²) in [7, 11) is 0. The predicted molar refractivity (Wildman–Crippen MR) is 81.5 cm³/mol. The Balaban J connectivity index is 1.77. The Bertz CT molecular complexity index is 626. The molecule has 4 N–H and O–H groups in total. The molecule has 0 fully saturated rings. The van der Waals surface area contributed by atoms with E-state index in [4.69, 9.17) is 5.73 Å². The number of carbonyl (C=O) groups is 2. The SMILES string of the molecule is Nc1cccc(C(=O)NCC(=O)NCc2ccccc2)c1. The molecule has 0 radical (unpaired) electrons. The van der Waals surface area contributed by atoms with Crippen molar-refractivity contribution in [2.45, 2.75) is 6.54 Å². The standard InChI is InChI=1S/C16H17N3O2/c17-14-8-4-7-13(9-14)16(21)19-11-15(20)18-10-12-5-2-1-3-6-12/h1-9H,10-11,17H2,(H,18,20)(H,19,21). The minimum absolute atomic E-state index is 0.0690. The summed E-state index contributed by atoms with van der Waals surface area (Å²) in [6.07, 6.45) is 0. The summed E-state index contributed by atoms with van der Waals surface area (Å²) in [5.41, 5.74) is 7.56. The maximum absolute atomic E-state index is 11.8. The number of carbonyl (C=O) groups excluding carboxylic acids is 2. The van der Waals surface area contributed by atoms with E-state index in [9.17, 15) is 9.59 Å². The molecule has 0 aliphatic rings. The minimum Gasteiger partial charge on any atom is -0.399 e. The number of amides is 2. The molecule has 0 atom stereocenters. The van der Waals surface area contributed by atoms with Gasteiger partial charge in [-0.1, -0.05) is 36.4 Å². The molecular formula is C16H17N3O2. The minimum atomic E-state index is -0.322. The van der Waals surface area contributed by atoms with Crippen LogP contribution in [-0.2, 0) is 11.3 Å². The highest BCUT2D eigenvalue weighted by molar-refractivity contribution is 5.97.